The first-order chi connectivity index (χ1) is 4.51. The minimum atomic E-state index is -3.64. The molecule has 0 saturated carbocycles. The zero-order valence-corrected chi connectivity index (χ0v) is 6.72. The van der Waals surface area contributed by atoms with Gasteiger partial charge in [0.1, 0.15) is 6.10 Å². The van der Waals surface area contributed by atoms with Crippen molar-refractivity contribution in [2.45, 2.75) is 20.0 Å². The predicted molar refractivity (Wildman–Crippen MR) is 34.6 cm³/mol. The highest BCUT2D eigenvalue weighted by Gasteiger charge is 2.31. The molecule has 0 N–H and O–H groups in total. The molecule has 0 spiro atoms. The Hall–Kier alpha value is -0.130. The third kappa shape index (κ3) is 1.68. The molecular weight excluding hydrogens is 156 g/mol. The van der Waals surface area contributed by atoms with Gasteiger partial charge in [0.25, 0.3) is 0 Å². The Kier molecular flexibility index (Phi) is 1.98. The molecule has 1 aliphatic heterocycles. The van der Waals surface area contributed by atoms with Gasteiger partial charge < -0.3 is 0 Å². The molecule has 1 rings (SSSR count). The van der Waals surface area contributed by atoms with Gasteiger partial charge in [-0.3, -0.25) is 0 Å². The fourth-order valence-corrected chi connectivity index (χ4v) is 1.60. The average molecular weight is 166 g/mol. The molecule has 1 aliphatic rings. The lowest BCUT2D eigenvalue weighted by atomic mass is 10.1. The maximum atomic E-state index is 10.5. The highest BCUT2D eigenvalue weighted by atomic mass is 32.3. The summed E-state index contributed by atoms with van der Waals surface area (Å²) in [6.07, 6.45) is -0.301. The first-order valence-corrected chi connectivity index (χ1v) is 4.42. The molecule has 1 atom stereocenters. The van der Waals surface area contributed by atoms with Gasteiger partial charge in [-0.1, -0.05) is 13.8 Å². The van der Waals surface area contributed by atoms with E-state index in [1.54, 1.807) is 0 Å². The molecule has 60 valence electrons. The van der Waals surface area contributed by atoms with Gasteiger partial charge in [-0.25, -0.2) is 8.37 Å². The van der Waals surface area contributed by atoms with E-state index >= 15 is 0 Å². The zero-order chi connectivity index (χ0) is 7.78. The van der Waals surface area contributed by atoms with Crippen molar-refractivity contribution in [3.8, 4) is 0 Å². The standard InChI is InChI=1S/C5H10O4S/c1-4(2)5-3-8-10(6,7)9-5/h4-5H,3H2,1-2H3/t5-/m1/s1. The number of rotatable bonds is 1. The highest BCUT2D eigenvalue weighted by Crippen LogP contribution is 2.18. The fourth-order valence-electron chi connectivity index (χ4n) is 0.661. The minimum Gasteiger partial charge on any atom is -0.245 e. The second-order valence-corrected chi connectivity index (χ2v) is 3.82. The van der Waals surface area contributed by atoms with Crippen molar-refractivity contribution in [2.75, 3.05) is 6.61 Å². The van der Waals surface area contributed by atoms with E-state index in [0.29, 0.717) is 0 Å². The van der Waals surface area contributed by atoms with E-state index in [1.807, 2.05) is 13.8 Å². The van der Waals surface area contributed by atoms with Crippen LogP contribution in [-0.2, 0) is 18.8 Å². The normalized spacial score (nSPS) is 31.3. The van der Waals surface area contributed by atoms with E-state index in [-0.39, 0.29) is 18.6 Å². The lowest BCUT2D eigenvalue weighted by Crippen LogP contribution is -2.17. The molecule has 10 heavy (non-hydrogen) atoms. The third-order valence-electron chi connectivity index (χ3n) is 1.36. The molecule has 0 radical (unpaired) electrons. The molecule has 1 fully saturated rings. The van der Waals surface area contributed by atoms with Crippen LogP contribution in [0.4, 0.5) is 0 Å². The summed E-state index contributed by atoms with van der Waals surface area (Å²) < 4.78 is 29.9. The van der Waals surface area contributed by atoms with Crippen molar-refractivity contribution in [3.63, 3.8) is 0 Å². The Balaban J connectivity index is 2.60. The molecule has 0 amide bonds. The Labute approximate surface area is 60.5 Å². The van der Waals surface area contributed by atoms with Gasteiger partial charge in [0.05, 0.1) is 6.61 Å². The maximum absolute atomic E-state index is 10.5. The molecule has 0 aromatic heterocycles. The molecule has 0 unspecified atom stereocenters. The topological polar surface area (TPSA) is 52.6 Å². The average Bonchev–Trinajstić information content (AvgIpc) is 2.10. The Morgan fingerprint density at radius 3 is 2.30 bits per heavy atom. The van der Waals surface area contributed by atoms with Crippen LogP contribution in [0.5, 0.6) is 0 Å². The van der Waals surface area contributed by atoms with Gasteiger partial charge >= 0.3 is 10.4 Å². The predicted octanol–water partition coefficient (Wildman–Crippen LogP) is 0.303. The molecule has 0 aromatic carbocycles. The van der Waals surface area contributed by atoms with E-state index in [4.69, 9.17) is 0 Å². The lowest BCUT2D eigenvalue weighted by molar-refractivity contribution is 0.180. The van der Waals surface area contributed by atoms with Crippen LogP contribution in [0.2, 0.25) is 0 Å². The van der Waals surface area contributed by atoms with Crippen molar-refractivity contribution in [2.24, 2.45) is 5.92 Å². The van der Waals surface area contributed by atoms with Crippen LogP contribution < -0.4 is 0 Å². The molecular formula is C5H10O4S. The second kappa shape index (κ2) is 2.48. The van der Waals surface area contributed by atoms with Crippen molar-refractivity contribution >= 4 is 10.4 Å². The van der Waals surface area contributed by atoms with Crippen molar-refractivity contribution in [3.05, 3.63) is 0 Å². The van der Waals surface area contributed by atoms with Gasteiger partial charge in [0.2, 0.25) is 0 Å². The summed E-state index contributed by atoms with van der Waals surface area (Å²) in [6.45, 7) is 3.92. The molecule has 4 nitrogen and oxygen atoms in total. The molecule has 5 heteroatoms. The van der Waals surface area contributed by atoms with Crippen molar-refractivity contribution < 1.29 is 16.8 Å². The van der Waals surface area contributed by atoms with Crippen LogP contribution in [0.25, 0.3) is 0 Å². The van der Waals surface area contributed by atoms with Crippen LogP contribution in [0.15, 0.2) is 0 Å². The first-order valence-electron chi connectivity index (χ1n) is 3.09. The number of hydrogen-bond acceptors (Lipinski definition) is 4. The zero-order valence-electron chi connectivity index (χ0n) is 5.90. The van der Waals surface area contributed by atoms with Crippen LogP contribution >= 0.6 is 0 Å². The van der Waals surface area contributed by atoms with Crippen LogP contribution in [0.3, 0.4) is 0 Å². The van der Waals surface area contributed by atoms with E-state index < -0.39 is 10.4 Å². The molecule has 0 aliphatic carbocycles. The molecule has 0 aromatic rings. The van der Waals surface area contributed by atoms with Gasteiger partial charge in [-0.15, -0.1) is 0 Å². The van der Waals surface area contributed by atoms with Crippen LogP contribution in [-0.4, -0.2) is 21.1 Å². The first kappa shape index (κ1) is 7.97. The van der Waals surface area contributed by atoms with Crippen LogP contribution in [0, 0.1) is 5.92 Å². The van der Waals surface area contributed by atoms with E-state index in [9.17, 15) is 8.42 Å². The van der Waals surface area contributed by atoms with E-state index in [2.05, 4.69) is 8.37 Å². The summed E-state index contributed by atoms with van der Waals surface area (Å²) in [5, 5.41) is 0. The molecule has 1 heterocycles. The second-order valence-electron chi connectivity index (χ2n) is 2.57. The third-order valence-corrected chi connectivity index (χ3v) is 2.27. The largest absolute Gasteiger partial charge is 0.400 e. The smallest absolute Gasteiger partial charge is 0.245 e. The molecule has 0 bridgehead atoms. The van der Waals surface area contributed by atoms with E-state index in [1.165, 1.54) is 0 Å². The quantitative estimate of drug-likeness (QED) is 0.562. The Morgan fingerprint density at radius 1 is 1.50 bits per heavy atom. The van der Waals surface area contributed by atoms with Gasteiger partial charge in [0.15, 0.2) is 0 Å². The Morgan fingerprint density at radius 2 is 2.10 bits per heavy atom. The highest BCUT2D eigenvalue weighted by molar-refractivity contribution is 7.82. The van der Waals surface area contributed by atoms with Gasteiger partial charge in [-0.2, -0.15) is 8.42 Å². The summed E-state index contributed by atoms with van der Waals surface area (Å²) in [6, 6.07) is 0. The number of hydrogen-bond donors (Lipinski definition) is 0. The van der Waals surface area contributed by atoms with Gasteiger partial charge in [0, 0.05) is 0 Å². The molecule has 1 saturated heterocycles. The fraction of sp³-hybridized carbons (Fsp3) is 1.00. The monoisotopic (exact) mass is 166 g/mol. The summed E-state index contributed by atoms with van der Waals surface area (Å²) >= 11 is 0. The van der Waals surface area contributed by atoms with Crippen molar-refractivity contribution in [1.29, 1.82) is 0 Å². The summed E-state index contributed by atoms with van der Waals surface area (Å²) in [5.74, 6) is 0.178. The van der Waals surface area contributed by atoms with Gasteiger partial charge in [-0.05, 0) is 5.92 Å². The minimum absolute atomic E-state index is 0.153. The van der Waals surface area contributed by atoms with Crippen molar-refractivity contribution in [1.82, 2.24) is 0 Å². The van der Waals surface area contributed by atoms with Crippen LogP contribution in [0.1, 0.15) is 13.8 Å². The Bertz CT molecular complexity index is 206. The summed E-state index contributed by atoms with van der Waals surface area (Å²) in [5.41, 5.74) is 0. The SMILES string of the molecule is CC(C)[C@H]1COS(=O)(=O)O1. The summed E-state index contributed by atoms with van der Waals surface area (Å²) in [7, 11) is -3.64. The lowest BCUT2D eigenvalue weighted by Gasteiger charge is -2.07. The van der Waals surface area contributed by atoms with E-state index in [0.717, 1.165) is 0 Å². The maximum Gasteiger partial charge on any atom is 0.400 e. The summed E-state index contributed by atoms with van der Waals surface area (Å²) in [4.78, 5) is 0.